The van der Waals surface area contributed by atoms with Crippen molar-refractivity contribution in [3.05, 3.63) is 473 Å². The molecule has 0 N–H and O–H groups in total. The fourth-order valence-corrected chi connectivity index (χ4v) is 22.5. The largest absolute Gasteiger partial charge is 0.456 e. The van der Waals surface area contributed by atoms with E-state index in [-0.39, 0.29) is 0 Å². The zero-order valence-electron chi connectivity index (χ0n) is 71.5. The first kappa shape index (κ1) is 74.9. The SMILES string of the molecule is c1ccc(-n2c3ccccc3c3cc(-c4ccc5c(c4)c4ccccc4n5-c4ccc5c(c4)sc4ccccc45)ccc32)cc1.c1ccc(-n2c3ccccc3c3cc(-c4ccc5c(c4)c4ccccc4n5-c4ccc5ccccc5c4)ccc32)cc1.c1ccc(-n2c3ccccc3c3cc(-c4ccc5c(c4)c4ccccc4n5-c4ccc5oc6ccccc6c5c4)ccc32)cc1. The van der Waals surface area contributed by atoms with Crippen LogP contribution in [-0.2, 0) is 0 Å². The highest BCUT2D eigenvalue weighted by atomic mass is 32.1. The summed E-state index contributed by atoms with van der Waals surface area (Å²) in [5.41, 5.74) is 30.8. The molecule has 0 fully saturated rings. The summed E-state index contributed by atoms with van der Waals surface area (Å²) in [4.78, 5) is 0. The summed E-state index contributed by atoms with van der Waals surface area (Å²) in [5, 5.41) is 22.6. The second-order valence-electron chi connectivity index (χ2n) is 34.6. The highest BCUT2D eigenvalue weighted by Gasteiger charge is 2.23. The molecule has 29 rings (SSSR count). The van der Waals surface area contributed by atoms with Crippen LogP contribution in [-0.4, -0.2) is 27.4 Å². The van der Waals surface area contributed by atoms with Crippen LogP contribution in [0.15, 0.2) is 478 Å². The van der Waals surface area contributed by atoms with Gasteiger partial charge in [0.25, 0.3) is 0 Å². The number of para-hydroxylation sites is 10. The van der Waals surface area contributed by atoms with Crippen molar-refractivity contribution >= 4 is 195 Å². The molecule has 0 saturated carbocycles. The molecule has 132 heavy (non-hydrogen) atoms. The highest BCUT2D eigenvalue weighted by molar-refractivity contribution is 7.25. The Bertz CT molecular complexity index is 9750. The Balaban J connectivity index is 0.000000101. The van der Waals surface area contributed by atoms with Gasteiger partial charge in [0.1, 0.15) is 11.2 Å². The third-order valence-corrected chi connectivity index (χ3v) is 28.4. The van der Waals surface area contributed by atoms with Gasteiger partial charge in [-0.2, -0.15) is 0 Å². The van der Waals surface area contributed by atoms with Gasteiger partial charge in [-0.15, -0.1) is 11.3 Å². The molecule has 0 amide bonds. The van der Waals surface area contributed by atoms with Gasteiger partial charge in [-0.25, -0.2) is 0 Å². The van der Waals surface area contributed by atoms with E-state index >= 15 is 0 Å². The number of aromatic nitrogens is 6. The van der Waals surface area contributed by atoms with E-state index in [0.717, 1.165) is 27.6 Å². The van der Waals surface area contributed by atoms with E-state index in [1.165, 1.54) is 224 Å². The van der Waals surface area contributed by atoms with Crippen LogP contribution in [0.25, 0.3) is 251 Å². The maximum absolute atomic E-state index is 6.14. The molecule has 8 aromatic heterocycles. The van der Waals surface area contributed by atoms with Gasteiger partial charge in [-0.3, -0.25) is 0 Å². The molecule has 0 aliphatic rings. The Kier molecular flexibility index (Phi) is 17.1. The summed E-state index contributed by atoms with van der Waals surface area (Å²) in [7, 11) is 0. The average Bonchev–Trinajstić information content (AvgIpc) is 1.58. The highest BCUT2D eigenvalue weighted by Crippen LogP contribution is 2.46. The third kappa shape index (κ3) is 12.0. The number of thiophene rings is 1. The van der Waals surface area contributed by atoms with Crippen LogP contribution in [0.2, 0.25) is 0 Å². The van der Waals surface area contributed by atoms with Crippen molar-refractivity contribution in [1.29, 1.82) is 0 Å². The predicted molar refractivity (Wildman–Crippen MR) is 559 cm³/mol. The minimum atomic E-state index is 0.909. The molecule has 0 aliphatic heterocycles. The van der Waals surface area contributed by atoms with Crippen molar-refractivity contribution in [3.8, 4) is 67.5 Å². The average molecular weight is 1700 g/mol. The molecule has 7 nitrogen and oxygen atoms in total. The lowest BCUT2D eigenvalue weighted by Crippen LogP contribution is -1.93. The van der Waals surface area contributed by atoms with Crippen LogP contribution in [0, 0.1) is 0 Å². The predicted octanol–water partition coefficient (Wildman–Crippen LogP) is 34.1. The summed E-state index contributed by atoms with van der Waals surface area (Å²) in [6.45, 7) is 0. The molecule has 8 heteroatoms. The van der Waals surface area contributed by atoms with E-state index in [2.05, 4.69) is 488 Å². The van der Waals surface area contributed by atoms with E-state index in [4.69, 9.17) is 4.42 Å². The minimum absolute atomic E-state index is 0.909. The standard InChI is InChI=1S/C42H26N2O.C42H26N2S.C40H26N2/c1-2-10-29(11-3-1)43-37-15-7-4-12-31(37)34-24-27(18-21-39(34)43)28-19-22-40-35(25-28)32-13-5-8-16-38(32)44(40)30-20-23-42-36(26-30)33-14-6-9-17-41(33)45-42;1-2-10-29(11-3-1)43-37-15-7-4-12-31(37)35-24-27(18-22-39(35)43)28-19-23-40-36(25-28)32-13-5-8-16-38(32)44(40)30-20-21-34-33-14-6-9-17-41(33)45-42(34)26-30;1-2-12-31(13-3-1)41-37-16-8-6-14-33(37)35-25-29(19-22-39(35)41)30-20-23-40-36(26-30)34-15-7-9-17-38(34)42(40)32-21-18-27-10-4-5-11-28(27)24-32/h2*1-26H;1-26H. The quantitative estimate of drug-likeness (QED) is 0.142. The van der Waals surface area contributed by atoms with Crippen LogP contribution in [0.5, 0.6) is 0 Å². The van der Waals surface area contributed by atoms with Gasteiger partial charge >= 0.3 is 0 Å². The third-order valence-electron chi connectivity index (χ3n) is 27.3. The first-order valence-electron chi connectivity index (χ1n) is 45.2. The second kappa shape index (κ2) is 30.2. The number of nitrogens with zero attached hydrogens (tertiary/aromatic N) is 6. The topological polar surface area (TPSA) is 42.7 Å². The van der Waals surface area contributed by atoms with E-state index in [0.29, 0.717) is 0 Å². The lowest BCUT2D eigenvalue weighted by Gasteiger charge is -2.10. The second-order valence-corrected chi connectivity index (χ2v) is 35.7. The zero-order valence-corrected chi connectivity index (χ0v) is 72.3. The lowest BCUT2D eigenvalue weighted by molar-refractivity contribution is 0.669. The summed E-state index contributed by atoms with van der Waals surface area (Å²) < 4.78 is 23.1. The molecule has 0 bridgehead atoms. The van der Waals surface area contributed by atoms with Gasteiger partial charge in [-0.05, 0) is 244 Å². The number of rotatable bonds is 9. The molecule has 0 unspecified atom stereocenters. The minimum Gasteiger partial charge on any atom is -0.456 e. The van der Waals surface area contributed by atoms with Crippen molar-refractivity contribution < 1.29 is 4.42 Å². The summed E-state index contributed by atoms with van der Waals surface area (Å²) in [5.74, 6) is 0. The zero-order chi connectivity index (χ0) is 86.6. The fourth-order valence-electron chi connectivity index (χ4n) is 21.3. The Hall–Kier alpha value is -17.3. The van der Waals surface area contributed by atoms with Crippen LogP contribution >= 0.6 is 11.3 Å². The molecular formula is C124H78N6OS. The molecular weight excluding hydrogens is 1620 g/mol. The first-order chi connectivity index (χ1) is 65.5. The molecule has 0 saturated heterocycles. The Morgan fingerprint density at radius 3 is 0.788 bits per heavy atom. The van der Waals surface area contributed by atoms with Crippen LogP contribution in [0.3, 0.4) is 0 Å². The molecule has 0 aliphatic carbocycles. The van der Waals surface area contributed by atoms with Gasteiger partial charge < -0.3 is 31.8 Å². The molecule has 0 atom stereocenters. The number of hydrogen-bond donors (Lipinski definition) is 0. The first-order valence-corrected chi connectivity index (χ1v) is 46.0. The Labute approximate surface area is 762 Å². The molecule has 29 aromatic rings. The molecule has 8 heterocycles. The number of furan rings is 1. The van der Waals surface area contributed by atoms with Crippen molar-refractivity contribution in [2.75, 3.05) is 0 Å². The van der Waals surface area contributed by atoms with Crippen LogP contribution in [0.4, 0.5) is 0 Å². The van der Waals surface area contributed by atoms with Crippen LogP contribution in [0.1, 0.15) is 0 Å². The molecule has 21 aromatic carbocycles. The van der Waals surface area contributed by atoms with E-state index in [1.54, 1.807) is 0 Å². The monoisotopic (exact) mass is 1700 g/mol. The van der Waals surface area contributed by atoms with Gasteiger partial charge in [0.2, 0.25) is 0 Å². The smallest absolute Gasteiger partial charge is 0.135 e. The van der Waals surface area contributed by atoms with Crippen molar-refractivity contribution in [2.45, 2.75) is 0 Å². The lowest BCUT2D eigenvalue weighted by atomic mass is 10.0. The van der Waals surface area contributed by atoms with Gasteiger partial charge in [0, 0.05) is 130 Å². The van der Waals surface area contributed by atoms with E-state index < -0.39 is 0 Å². The molecule has 616 valence electrons. The Morgan fingerprint density at radius 1 is 0.136 bits per heavy atom. The fraction of sp³-hybridized carbons (Fsp3) is 0. The summed E-state index contributed by atoms with van der Waals surface area (Å²) in [6, 6.07) is 172. The van der Waals surface area contributed by atoms with Gasteiger partial charge in [-0.1, -0.05) is 273 Å². The maximum Gasteiger partial charge on any atom is 0.135 e. The van der Waals surface area contributed by atoms with Crippen molar-refractivity contribution in [3.63, 3.8) is 0 Å². The molecule has 0 radical (unpaired) electrons. The number of hydrogen-bond acceptors (Lipinski definition) is 2. The normalized spacial score (nSPS) is 11.9. The van der Waals surface area contributed by atoms with E-state index in [1.807, 2.05) is 23.5 Å². The number of fused-ring (bicyclic) bond motifs is 25. The number of benzene rings is 21. The van der Waals surface area contributed by atoms with Gasteiger partial charge in [0.05, 0.1) is 66.2 Å². The van der Waals surface area contributed by atoms with Crippen molar-refractivity contribution in [1.82, 2.24) is 27.4 Å². The van der Waals surface area contributed by atoms with Crippen molar-refractivity contribution in [2.24, 2.45) is 0 Å². The molecule has 0 spiro atoms. The summed E-state index contributed by atoms with van der Waals surface area (Å²) in [6.07, 6.45) is 0. The van der Waals surface area contributed by atoms with Gasteiger partial charge in [0.15, 0.2) is 0 Å². The maximum atomic E-state index is 6.14. The summed E-state index contributed by atoms with van der Waals surface area (Å²) >= 11 is 1.87. The Morgan fingerprint density at radius 2 is 0.402 bits per heavy atom. The van der Waals surface area contributed by atoms with E-state index in [9.17, 15) is 0 Å². The van der Waals surface area contributed by atoms with Crippen LogP contribution < -0.4 is 0 Å².